The number of hydrogen-bond donors (Lipinski definition) is 1. The molecule has 0 heterocycles. The van der Waals surface area contributed by atoms with Gasteiger partial charge in [0.2, 0.25) is 0 Å². The second-order valence-corrected chi connectivity index (χ2v) is 4.67. The molecular formula is C13H13F3O2. The van der Waals surface area contributed by atoms with Crippen LogP contribution in [-0.4, -0.2) is 11.1 Å². The zero-order valence-corrected chi connectivity index (χ0v) is 9.57. The first-order valence-electron chi connectivity index (χ1n) is 5.78. The molecule has 5 heteroatoms. The van der Waals surface area contributed by atoms with Gasteiger partial charge >= 0.3 is 12.1 Å². The van der Waals surface area contributed by atoms with Gasteiger partial charge in [0.1, 0.15) is 0 Å². The van der Waals surface area contributed by atoms with Crippen molar-refractivity contribution >= 4 is 5.97 Å². The van der Waals surface area contributed by atoms with E-state index in [4.69, 9.17) is 5.11 Å². The van der Waals surface area contributed by atoms with Gasteiger partial charge in [-0.25, -0.2) is 0 Å². The number of carboxylic acid groups (broad SMARTS) is 1. The van der Waals surface area contributed by atoms with Crippen molar-refractivity contribution in [3.05, 3.63) is 35.4 Å². The summed E-state index contributed by atoms with van der Waals surface area (Å²) >= 11 is 0. The molecule has 0 bridgehead atoms. The summed E-state index contributed by atoms with van der Waals surface area (Å²) in [6, 6.07) is 5.19. The van der Waals surface area contributed by atoms with E-state index in [2.05, 4.69) is 0 Å². The van der Waals surface area contributed by atoms with Crippen LogP contribution in [0.25, 0.3) is 0 Å². The molecule has 0 aliphatic heterocycles. The van der Waals surface area contributed by atoms with Gasteiger partial charge in [0.05, 0.1) is 11.5 Å². The van der Waals surface area contributed by atoms with Crippen LogP contribution in [0.15, 0.2) is 24.3 Å². The lowest BCUT2D eigenvalue weighted by Crippen LogP contribution is -2.09. The molecule has 2 unspecified atom stereocenters. The molecule has 0 spiro atoms. The number of carbonyl (C=O) groups is 1. The first-order valence-corrected chi connectivity index (χ1v) is 5.78. The molecule has 1 aromatic rings. The molecule has 1 N–H and O–H groups in total. The SMILES string of the molecule is O=C(O)C1CCC(c2cccc(C(F)(F)F)c2)C1. The number of halogens is 3. The first kappa shape index (κ1) is 12.9. The minimum absolute atomic E-state index is 0.0756. The Morgan fingerprint density at radius 1 is 1.28 bits per heavy atom. The van der Waals surface area contributed by atoms with Gasteiger partial charge in [-0.1, -0.05) is 18.2 Å². The number of aliphatic carboxylic acids is 1. The van der Waals surface area contributed by atoms with Crippen LogP contribution in [0, 0.1) is 5.92 Å². The molecule has 1 saturated carbocycles. The third-order valence-electron chi connectivity index (χ3n) is 3.47. The molecule has 0 saturated heterocycles. The molecule has 0 amide bonds. The Morgan fingerprint density at radius 2 is 2.00 bits per heavy atom. The van der Waals surface area contributed by atoms with Crippen molar-refractivity contribution in [2.24, 2.45) is 5.92 Å². The maximum atomic E-state index is 12.6. The zero-order chi connectivity index (χ0) is 13.3. The Morgan fingerprint density at radius 3 is 2.56 bits per heavy atom. The fraction of sp³-hybridized carbons (Fsp3) is 0.462. The molecule has 1 aliphatic rings. The van der Waals surface area contributed by atoms with Gasteiger partial charge in [0.15, 0.2) is 0 Å². The maximum Gasteiger partial charge on any atom is 0.416 e. The molecule has 2 atom stereocenters. The van der Waals surface area contributed by atoms with Crippen LogP contribution in [0.5, 0.6) is 0 Å². The summed E-state index contributed by atoms with van der Waals surface area (Å²) in [7, 11) is 0. The fourth-order valence-corrected chi connectivity index (χ4v) is 2.48. The highest BCUT2D eigenvalue weighted by atomic mass is 19.4. The summed E-state index contributed by atoms with van der Waals surface area (Å²) in [6.07, 6.45) is -2.74. The van der Waals surface area contributed by atoms with Gasteiger partial charge in [0, 0.05) is 0 Å². The van der Waals surface area contributed by atoms with E-state index in [1.165, 1.54) is 6.07 Å². The van der Waals surface area contributed by atoms with E-state index in [-0.39, 0.29) is 5.92 Å². The Hall–Kier alpha value is -1.52. The molecule has 1 aromatic carbocycles. The molecule has 2 nitrogen and oxygen atoms in total. The van der Waals surface area contributed by atoms with Gasteiger partial charge in [0.25, 0.3) is 0 Å². The Kier molecular flexibility index (Phi) is 3.32. The van der Waals surface area contributed by atoms with Crippen molar-refractivity contribution in [3.8, 4) is 0 Å². The van der Waals surface area contributed by atoms with E-state index < -0.39 is 23.6 Å². The first-order chi connectivity index (χ1) is 8.38. The summed E-state index contributed by atoms with van der Waals surface area (Å²) in [5.74, 6) is -1.36. The van der Waals surface area contributed by atoms with Crippen LogP contribution < -0.4 is 0 Å². The largest absolute Gasteiger partial charge is 0.481 e. The highest BCUT2D eigenvalue weighted by Gasteiger charge is 2.33. The number of rotatable bonds is 2. The number of carboxylic acids is 1. The molecular weight excluding hydrogens is 245 g/mol. The Bertz CT molecular complexity index is 454. The Balaban J connectivity index is 2.18. The number of alkyl halides is 3. The molecule has 2 rings (SSSR count). The van der Waals surface area contributed by atoms with E-state index in [1.807, 2.05) is 0 Å². The number of benzene rings is 1. The highest BCUT2D eigenvalue weighted by molar-refractivity contribution is 5.70. The van der Waals surface area contributed by atoms with Crippen molar-refractivity contribution in [3.63, 3.8) is 0 Å². The summed E-state index contributed by atoms with van der Waals surface area (Å²) < 4.78 is 37.7. The third kappa shape index (κ3) is 2.66. The van der Waals surface area contributed by atoms with E-state index in [0.29, 0.717) is 24.8 Å². The van der Waals surface area contributed by atoms with Gasteiger partial charge in [-0.05, 0) is 36.8 Å². The van der Waals surface area contributed by atoms with Crippen LogP contribution >= 0.6 is 0 Å². The van der Waals surface area contributed by atoms with Crippen molar-refractivity contribution in [1.82, 2.24) is 0 Å². The quantitative estimate of drug-likeness (QED) is 0.878. The molecule has 0 radical (unpaired) electrons. The lowest BCUT2D eigenvalue weighted by Gasteiger charge is -2.13. The summed E-state index contributed by atoms with van der Waals surface area (Å²) in [5, 5.41) is 8.88. The third-order valence-corrected chi connectivity index (χ3v) is 3.47. The van der Waals surface area contributed by atoms with Gasteiger partial charge in [-0.2, -0.15) is 13.2 Å². The Labute approximate surface area is 102 Å². The summed E-state index contributed by atoms with van der Waals surface area (Å²) in [4.78, 5) is 10.8. The van der Waals surface area contributed by atoms with Crippen LogP contribution in [0.1, 0.15) is 36.3 Å². The molecule has 1 fully saturated rings. The van der Waals surface area contributed by atoms with E-state index in [0.717, 1.165) is 12.1 Å². The van der Waals surface area contributed by atoms with E-state index >= 15 is 0 Å². The normalized spacial score (nSPS) is 24.2. The van der Waals surface area contributed by atoms with Crippen LogP contribution in [0.2, 0.25) is 0 Å². The van der Waals surface area contributed by atoms with Crippen molar-refractivity contribution in [1.29, 1.82) is 0 Å². The second-order valence-electron chi connectivity index (χ2n) is 4.67. The topological polar surface area (TPSA) is 37.3 Å². The molecule has 0 aromatic heterocycles. The fourth-order valence-electron chi connectivity index (χ4n) is 2.48. The molecule has 1 aliphatic carbocycles. The van der Waals surface area contributed by atoms with Gasteiger partial charge in [-0.15, -0.1) is 0 Å². The van der Waals surface area contributed by atoms with E-state index in [1.54, 1.807) is 6.07 Å². The highest BCUT2D eigenvalue weighted by Crippen LogP contribution is 2.40. The van der Waals surface area contributed by atoms with Crippen molar-refractivity contribution < 1.29 is 23.1 Å². The average molecular weight is 258 g/mol. The predicted molar refractivity (Wildman–Crippen MR) is 59.2 cm³/mol. The minimum Gasteiger partial charge on any atom is -0.481 e. The standard InChI is InChI=1S/C13H13F3O2/c14-13(15,16)11-3-1-2-8(7-11)9-4-5-10(6-9)12(17)18/h1-3,7,9-10H,4-6H2,(H,17,18). The molecule has 98 valence electrons. The lowest BCUT2D eigenvalue weighted by molar-refractivity contribution is -0.141. The lowest BCUT2D eigenvalue weighted by atomic mass is 9.95. The van der Waals surface area contributed by atoms with Crippen molar-refractivity contribution in [2.75, 3.05) is 0 Å². The summed E-state index contributed by atoms with van der Waals surface area (Å²) in [5.41, 5.74) is -0.0765. The van der Waals surface area contributed by atoms with Gasteiger partial charge < -0.3 is 5.11 Å². The van der Waals surface area contributed by atoms with Crippen LogP contribution in [0.4, 0.5) is 13.2 Å². The van der Waals surface area contributed by atoms with Crippen molar-refractivity contribution in [2.45, 2.75) is 31.4 Å². The zero-order valence-electron chi connectivity index (χ0n) is 9.57. The van der Waals surface area contributed by atoms with E-state index in [9.17, 15) is 18.0 Å². The minimum atomic E-state index is -4.35. The second kappa shape index (κ2) is 4.63. The van der Waals surface area contributed by atoms with Crippen LogP contribution in [-0.2, 0) is 11.0 Å². The maximum absolute atomic E-state index is 12.6. The predicted octanol–water partition coefficient (Wildman–Crippen LogP) is 3.67. The molecule has 18 heavy (non-hydrogen) atoms. The van der Waals surface area contributed by atoms with Crippen LogP contribution in [0.3, 0.4) is 0 Å². The smallest absolute Gasteiger partial charge is 0.416 e. The monoisotopic (exact) mass is 258 g/mol. The summed E-state index contributed by atoms with van der Waals surface area (Å²) in [6.45, 7) is 0. The average Bonchev–Trinajstić information content (AvgIpc) is 2.77. The number of hydrogen-bond acceptors (Lipinski definition) is 1. The van der Waals surface area contributed by atoms with Gasteiger partial charge in [-0.3, -0.25) is 4.79 Å².